The molecular weight excluding hydrogens is 568 g/mol. The van der Waals surface area contributed by atoms with Crippen LogP contribution in [0.5, 0.6) is 0 Å². The van der Waals surface area contributed by atoms with Gasteiger partial charge >= 0.3 is 5.97 Å². The number of likely N-dealkylation sites (N-methyl/N-ethyl adjacent to an activating group) is 1. The molecule has 4 fully saturated rings. The Morgan fingerprint density at radius 2 is 1.61 bits per heavy atom. The molecule has 9 unspecified atom stereocenters. The first-order valence-electron chi connectivity index (χ1n) is 18.1. The zero-order valence-electron chi connectivity index (χ0n) is 30.0. The maximum Gasteiger partial charge on any atom is 0.335 e. The monoisotopic (exact) mass is 628 g/mol. The van der Waals surface area contributed by atoms with Crippen molar-refractivity contribution >= 4 is 17.4 Å². The Hall–Kier alpha value is -2.40. The van der Waals surface area contributed by atoms with Crippen molar-refractivity contribution in [2.24, 2.45) is 56.7 Å². The highest BCUT2D eigenvalue weighted by Crippen LogP contribution is 2.77. The molecule has 252 valence electrons. The number of rotatable bonds is 7. The van der Waals surface area contributed by atoms with Crippen LogP contribution in [0.3, 0.4) is 0 Å². The van der Waals surface area contributed by atoms with Gasteiger partial charge in [0.05, 0.1) is 12.1 Å². The lowest BCUT2D eigenvalue weighted by Crippen LogP contribution is -2.66. The van der Waals surface area contributed by atoms with Crippen LogP contribution in [0.15, 0.2) is 42.5 Å². The van der Waals surface area contributed by atoms with Crippen LogP contribution in [0.1, 0.15) is 115 Å². The molecule has 5 heteroatoms. The van der Waals surface area contributed by atoms with Crippen LogP contribution in [-0.4, -0.2) is 49.1 Å². The second-order valence-electron chi connectivity index (χ2n) is 18.0. The van der Waals surface area contributed by atoms with Crippen molar-refractivity contribution < 1.29 is 14.7 Å². The molecule has 0 heterocycles. The second-order valence-corrected chi connectivity index (χ2v) is 18.0. The molecule has 5 aliphatic rings. The van der Waals surface area contributed by atoms with Crippen LogP contribution >= 0.6 is 0 Å². The van der Waals surface area contributed by atoms with E-state index in [4.69, 9.17) is 0 Å². The molecule has 9 atom stereocenters. The average molecular weight is 629 g/mol. The Labute approximate surface area is 278 Å². The predicted octanol–water partition coefficient (Wildman–Crippen LogP) is 8.71. The van der Waals surface area contributed by atoms with Crippen molar-refractivity contribution in [2.45, 2.75) is 99.3 Å². The molecule has 0 radical (unpaired) electrons. The van der Waals surface area contributed by atoms with Gasteiger partial charge in [0.1, 0.15) is 0 Å². The summed E-state index contributed by atoms with van der Waals surface area (Å²) < 4.78 is 0. The summed E-state index contributed by atoms with van der Waals surface area (Å²) in [5.74, 6) is 2.34. The summed E-state index contributed by atoms with van der Waals surface area (Å²) in [6.07, 6.45) is 13.6. The van der Waals surface area contributed by atoms with E-state index in [9.17, 15) is 14.7 Å². The number of carbonyl (C=O) groups excluding carboxylic acids is 1. The number of aromatic carboxylic acids is 1. The molecule has 0 aliphatic heterocycles. The van der Waals surface area contributed by atoms with E-state index in [0.717, 1.165) is 13.0 Å². The van der Waals surface area contributed by atoms with Gasteiger partial charge in [-0.2, -0.15) is 0 Å². The average Bonchev–Trinajstić information content (AvgIpc) is 3.36. The fraction of sp³-hybridized carbons (Fsp3) is 0.707. The zero-order valence-corrected chi connectivity index (χ0v) is 30.0. The lowest BCUT2D eigenvalue weighted by Gasteiger charge is -2.72. The van der Waals surface area contributed by atoms with Crippen molar-refractivity contribution in [1.82, 2.24) is 10.2 Å². The number of hydrogen-bond donors (Lipinski definition) is 2. The highest BCUT2D eigenvalue weighted by atomic mass is 16.4. The molecule has 46 heavy (non-hydrogen) atoms. The molecule has 0 bridgehead atoms. The van der Waals surface area contributed by atoms with Gasteiger partial charge in [-0.05, 0) is 159 Å². The number of carboxylic acid groups (broad SMARTS) is 1. The number of fused-ring (bicyclic) bond motifs is 7. The molecule has 0 spiro atoms. The Kier molecular flexibility index (Phi) is 8.26. The summed E-state index contributed by atoms with van der Waals surface area (Å²) in [5, 5.41) is 12.9. The van der Waals surface area contributed by atoms with Crippen LogP contribution < -0.4 is 5.32 Å². The summed E-state index contributed by atoms with van der Waals surface area (Å²) in [7, 11) is 3.94. The highest BCUT2D eigenvalue weighted by Gasteiger charge is 2.70. The lowest BCUT2D eigenvalue weighted by molar-refractivity contribution is -0.225. The molecule has 0 aromatic heterocycles. The minimum Gasteiger partial charge on any atom is -0.478 e. The van der Waals surface area contributed by atoms with Crippen LogP contribution in [-0.2, 0) is 4.79 Å². The number of allylic oxidation sites excluding steroid dienone is 3. The lowest BCUT2D eigenvalue weighted by atomic mass is 9.32. The SMILES string of the molecule is C=C(C)C1CCC2(CNC(=O)CN(C)C)CCC3(C)C(CCC4C5(C)CC=C(c6ccc(C(=O)O)cc6)C(C)(C)C5CCC43C)C12. The summed E-state index contributed by atoms with van der Waals surface area (Å²) >= 11 is 0. The molecule has 0 saturated heterocycles. The van der Waals surface area contributed by atoms with E-state index in [1.165, 1.54) is 68.1 Å². The van der Waals surface area contributed by atoms with Gasteiger partial charge in [-0.3, -0.25) is 4.79 Å². The number of hydrogen-bond acceptors (Lipinski definition) is 3. The number of nitrogens with one attached hydrogen (secondary N) is 1. The molecule has 1 aromatic rings. The number of nitrogens with zero attached hydrogens (tertiary/aromatic N) is 1. The van der Waals surface area contributed by atoms with Gasteiger partial charge < -0.3 is 15.3 Å². The van der Waals surface area contributed by atoms with E-state index in [-0.39, 0.29) is 33.0 Å². The van der Waals surface area contributed by atoms with Crippen molar-refractivity contribution in [3.8, 4) is 0 Å². The van der Waals surface area contributed by atoms with Crippen molar-refractivity contribution in [3.63, 3.8) is 0 Å². The quantitative estimate of drug-likeness (QED) is 0.296. The van der Waals surface area contributed by atoms with Gasteiger partial charge in [-0.25, -0.2) is 4.79 Å². The first-order chi connectivity index (χ1) is 21.5. The maximum atomic E-state index is 12.9. The van der Waals surface area contributed by atoms with Crippen LogP contribution in [0, 0.1) is 56.7 Å². The Morgan fingerprint density at radius 1 is 0.913 bits per heavy atom. The number of benzene rings is 1. The molecule has 1 amide bonds. The summed E-state index contributed by atoms with van der Waals surface area (Å²) in [6.45, 7) is 21.0. The molecule has 5 nitrogen and oxygen atoms in total. The number of carboxylic acids is 1. The normalized spacial score (nSPS) is 41.0. The largest absolute Gasteiger partial charge is 0.478 e. The van der Waals surface area contributed by atoms with E-state index >= 15 is 0 Å². The summed E-state index contributed by atoms with van der Waals surface area (Å²) in [4.78, 5) is 26.3. The van der Waals surface area contributed by atoms with Gasteiger partial charge in [0.25, 0.3) is 0 Å². The van der Waals surface area contributed by atoms with Gasteiger partial charge in [-0.1, -0.05) is 65.0 Å². The van der Waals surface area contributed by atoms with Crippen LogP contribution in [0.2, 0.25) is 0 Å². The third-order valence-electron chi connectivity index (χ3n) is 15.4. The van der Waals surface area contributed by atoms with E-state index in [2.05, 4.69) is 59.5 Å². The molecule has 5 aliphatic carbocycles. The predicted molar refractivity (Wildman–Crippen MR) is 187 cm³/mol. The minimum atomic E-state index is -0.868. The third kappa shape index (κ3) is 4.88. The van der Waals surface area contributed by atoms with Gasteiger partial charge in [0.2, 0.25) is 5.91 Å². The smallest absolute Gasteiger partial charge is 0.335 e. The standard InChI is InChI=1S/C41H60N2O3/c1-26(2)29-16-21-41(25-42-34(44)24-43(8)9)23-22-39(6)31(35(29)41)14-15-33-38(5)19-17-30(27-10-12-28(13-11-27)36(45)46)37(3,4)32(38)18-20-40(33,39)7/h10-13,17,29,31-33,35H,1,14-16,18-25H2,2-9H3,(H,42,44)(H,45,46). The summed E-state index contributed by atoms with van der Waals surface area (Å²) in [5.41, 5.74) is 5.23. The van der Waals surface area contributed by atoms with Gasteiger partial charge in [0, 0.05) is 6.54 Å². The topological polar surface area (TPSA) is 69.6 Å². The van der Waals surface area contributed by atoms with Crippen molar-refractivity contribution in [2.75, 3.05) is 27.2 Å². The fourth-order valence-corrected chi connectivity index (χ4v) is 13.1. The first-order valence-corrected chi connectivity index (χ1v) is 18.1. The van der Waals surface area contributed by atoms with Crippen LogP contribution in [0.25, 0.3) is 5.57 Å². The number of carbonyl (C=O) groups is 2. The molecule has 6 rings (SSSR count). The van der Waals surface area contributed by atoms with E-state index < -0.39 is 5.97 Å². The van der Waals surface area contributed by atoms with Crippen molar-refractivity contribution in [3.05, 3.63) is 53.6 Å². The zero-order chi connectivity index (χ0) is 33.4. The first kappa shape index (κ1) is 33.5. The Balaban J connectivity index is 1.31. The Bertz CT molecular complexity index is 1430. The molecule has 1 aromatic carbocycles. The van der Waals surface area contributed by atoms with E-state index in [1.54, 1.807) is 12.1 Å². The van der Waals surface area contributed by atoms with E-state index in [1.807, 2.05) is 31.1 Å². The molecule has 2 N–H and O–H groups in total. The van der Waals surface area contributed by atoms with E-state index in [0.29, 0.717) is 41.7 Å². The van der Waals surface area contributed by atoms with Crippen LogP contribution in [0.4, 0.5) is 0 Å². The second kappa shape index (κ2) is 11.3. The number of amides is 1. The van der Waals surface area contributed by atoms with Crippen molar-refractivity contribution in [1.29, 1.82) is 0 Å². The minimum absolute atomic E-state index is 0.0137. The molecule has 4 saturated carbocycles. The third-order valence-corrected chi connectivity index (χ3v) is 15.4. The summed E-state index contributed by atoms with van der Waals surface area (Å²) in [6, 6.07) is 7.58. The Morgan fingerprint density at radius 3 is 2.24 bits per heavy atom. The highest BCUT2D eigenvalue weighted by molar-refractivity contribution is 5.88. The fourth-order valence-electron chi connectivity index (χ4n) is 13.1. The van der Waals surface area contributed by atoms with Gasteiger partial charge in [0.15, 0.2) is 0 Å². The maximum absolute atomic E-state index is 12.9. The van der Waals surface area contributed by atoms with Gasteiger partial charge in [-0.15, -0.1) is 0 Å². The molecular formula is C41H60N2O3.